The number of benzene rings is 2. The third-order valence-electron chi connectivity index (χ3n) is 4.01. The molecule has 0 aliphatic carbocycles. The van der Waals surface area contributed by atoms with Gasteiger partial charge in [-0.05, 0) is 48.2 Å². The minimum absolute atomic E-state index is 0.190. The van der Waals surface area contributed by atoms with Crippen LogP contribution in [0.2, 0.25) is 0 Å². The minimum Gasteiger partial charge on any atom is -0.323 e. The molecule has 4 rings (SSSR count). The van der Waals surface area contributed by atoms with Crippen molar-refractivity contribution in [1.82, 2.24) is 5.06 Å². The molecule has 0 bridgehead atoms. The second-order valence-electron chi connectivity index (χ2n) is 5.53. The normalized spacial score (nSPS) is 13.4. The highest BCUT2D eigenvalue weighted by Crippen LogP contribution is 2.32. The molecule has 0 unspecified atom stereocenters. The second kappa shape index (κ2) is 5.49. The van der Waals surface area contributed by atoms with Gasteiger partial charge < -0.3 is 4.84 Å². The Labute approximate surface area is 145 Å². The highest BCUT2D eigenvalue weighted by molar-refractivity contribution is 7.21. The molecule has 2 aromatic carbocycles. The van der Waals surface area contributed by atoms with Crippen molar-refractivity contribution in [3.63, 3.8) is 0 Å². The summed E-state index contributed by atoms with van der Waals surface area (Å²) in [4.78, 5) is 42.3. The van der Waals surface area contributed by atoms with E-state index < -0.39 is 23.6 Å². The van der Waals surface area contributed by atoms with Gasteiger partial charge in [-0.2, -0.15) is 0 Å². The van der Waals surface area contributed by atoms with Crippen LogP contribution in [0.25, 0.3) is 10.1 Å². The zero-order chi connectivity index (χ0) is 17.7. The summed E-state index contributed by atoms with van der Waals surface area (Å²) in [6.45, 7) is 1.66. The number of hydrogen-bond acceptors (Lipinski definition) is 5. The van der Waals surface area contributed by atoms with Crippen LogP contribution >= 0.6 is 11.3 Å². The molecule has 1 aliphatic heterocycles. The first kappa shape index (κ1) is 15.5. The molecule has 0 saturated carbocycles. The Morgan fingerprint density at radius 2 is 1.72 bits per heavy atom. The Bertz CT molecular complexity index is 1040. The average Bonchev–Trinajstić information content (AvgIpc) is 3.05. The van der Waals surface area contributed by atoms with Gasteiger partial charge >= 0.3 is 5.97 Å². The fraction of sp³-hybridized carbons (Fsp3) is 0.0556. The SMILES string of the molecule is Cc1c(C(=O)ON2C(=O)c3ccccc3C2=O)sc2ccc(F)cc12. The average molecular weight is 355 g/mol. The lowest BCUT2D eigenvalue weighted by Gasteiger charge is -2.12. The number of hydroxylamine groups is 2. The van der Waals surface area contributed by atoms with E-state index in [2.05, 4.69) is 0 Å². The molecule has 1 aromatic heterocycles. The number of aryl methyl sites for hydroxylation is 1. The van der Waals surface area contributed by atoms with Gasteiger partial charge in [0.15, 0.2) is 0 Å². The van der Waals surface area contributed by atoms with Crippen LogP contribution in [-0.4, -0.2) is 22.8 Å². The Morgan fingerprint density at radius 1 is 1.08 bits per heavy atom. The van der Waals surface area contributed by atoms with E-state index in [1.54, 1.807) is 25.1 Å². The number of amides is 2. The van der Waals surface area contributed by atoms with Gasteiger partial charge in [0.25, 0.3) is 11.8 Å². The molecule has 5 nitrogen and oxygen atoms in total. The number of rotatable bonds is 2. The van der Waals surface area contributed by atoms with E-state index >= 15 is 0 Å². The summed E-state index contributed by atoms with van der Waals surface area (Å²) in [5.74, 6) is -2.60. The summed E-state index contributed by atoms with van der Waals surface area (Å²) in [6.07, 6.45) is 0. The molecule has 1 aliphatic rings. The summed E-state index contributed by atoms with van der Waals surface area (Å²) in [5.41, 5.74) is 0.923. The highest BCUT2D eigenvalue weighted by Gasteiger charge is 2.39. The Hall–Kier alpha value is -3.06. The van der Waals surface area contributed by atoms with Crippen molar-refractivity contribution in [3.05, 3.63) is 69.8 Å². The third kappa shape index (κ3) is 2.32. The van der Waals surface area contributed by atoms with Gasteiger partial charge in [0, 0.05) is 4.70 Å². The van der Waals surface area contributed by atoms with Crippen molar-refractivity contribution in [2.24, 2.45) is 0 Å². The van der Waals surface area contributed by atoms with Crippen LogP contribution in [0.4, 0.5) is 4.39 Å². The summed E-state index contributed by atoms with van der Waals surface area (Å²) in [7, 11) is 0. The molecule has 0 atom stereocenters. The van der Waals surface area contributed by atoms with Gasteiger partial charge in [-0.1, -0.05) is 17.2 Å². The Morgan fingerprint density at radius 3 is 2.36 bits per heavy atom. The van der Waals surface area contributed by atoms with E-state index in [9.17, 15) is 18.8 Å². The van der Waals surface area contributed by atoms with Gasteiger partial charge in [-0.25, -0.2) is 9.18 Å². The zero-order valence-electron chi connectivity index (χ0n) is 12.9. The first-order valence-corrected chi connectivity index (χ1v) is 8.18. The Balaban J connectivity index is 1.67. The van der Waals surface area contributed by atoms with Gasteiger partial charge in [-0.15, -0.1) is 11.3 Å². The molecule has 3 aromatic rings. The molecule has 0 fully saturated rings. The van der Waals surface area contributed by atoms with E-state index in [1.165, 1.54) is 24.3 Å². The van der Waals surface area contributed by atoms with Gasteiger partial charge in [0.2, 0.25) is 0 Å². The molecule has 25 heavy (non-hydrogen) atoms. The van der Waals surface area contributed by atoms with E-state index in [0.29, 0.717) is 20.7 Å². The maximum atomic E-state index is 13.4. The lowest BCUT2D eigenvalue weighted by Crippen LogP contribution is -2.32. The summed E-state index contributed by atoms with van der Waals surface area (Å²) >= 11 is 1.12. The summed E-state index contributed by atoms with van der Waals surface area (Å²) in [6, 6.07) is 10.5. The lowest BCUT2D eigenvalue weighted by atomic mass is 10.1. The smallest absolute Gasteiger partial charge is 0.323 e. The number of halogens is 1. The largest absolute Gasteiger partial charge is 0.374 e. The maximum absolute atomic E-state index is 13.4. The summed E-state index contributed by atoms with van der Waals surface area (Å²) in [5, 5.41) is 1.07. The summed E-state index contributed by atoms with van der Waals surface area (Å²) < 4.78 is 14.1. The molecule has 2 amide bonds. The van der Waals surface area contributed by atoms with Crippen molar-refractivity contribution < 1.29 is 23.6 Å². The van der Waals surface area contributed by atoms with Crippen LogP contribution in [0.3, 0.4) is 0 Å². The number of imide groups is 1. The predicted octanol–water partition coefficient (Wildman–Crippen LogP) is 3.72. The van der Waals surface area contributed by atoms with E-state index in [0.717, 1.165) is 11.3 Å². The van der Waals surface area contributed by atoms with Crippen LogP contribution in [0.1, 0.15) is 36.0 Å². The second-order valence-corrected chi connectivity index (χ2v) is 6.58. The van der Waals surface area contributed by atoms with Gasteiger partial charge in [0.1, 0.15) is 10.7 Å². The number of carbonyl (C=O) groups is 3. The first-order chi connectivity index (χ1) is 12.0. The van der Waals surface area contributed by atoms with E-state index in [-0.39, 0.29) is 16.0 Å². The van der Waals surface area contributed by atoms with Crippen molar-refractivity contribution >= 4 is 39.2 Å². The van der Waals surface area contributed by atoms with E-state index in [1.807, 2.05) is 0 Å². The number of fused-ring (bicyclic) bond motifs is 2. The lowest BCUT2D eigenvalue weighted by molar-refractivity contribution is -0.0581. The fourth-order valence-electron chi connectivity index (χ4n) is 2.76. The number of carbonyl (C=O) groups excluding carboxylic acids is 3. The molecule has 7 heteroatoms. The van der Waals surface area contributed by atoms with Crippen molar-refractivity contribution in [2.75, 3.05) is 0 Å². The predicted molar refractivity (Wildman–Crippen MR) is 88.9 cm³/mol. The number of thiophene rings is 1. The standard InChI is InChI=1S/C18H10FNO4S/c1-9-13-8-10(19)6-7-14(13)25-15(9)18(23)24-20-16(21)11-4-2-3-5-12(11)17(20)22/h2-8H,1H3. The molecule has 124 valence electrons. The first-order valence-electron chi connectivity index (χ1n) is 7.36. The van der Waals surface area contributed by atoms with Crippen molar-refractivity contribution in [1.29, 1.82) is 0 Å². The fourth-order valence-corrected chi connectivity index (χ4v) is 3.82. The maximum Gasteiger partial charge on any atom is 0.374 e. The quantitative estimate of drug-likeness (QED) is 0.657. The highest BCUT2D eigenvalue weighted by atomic mass is 32.1. The third-order valence-corrected chi connectivity index (χ3v) is 5.27. The van der Waals surface area contributed by atoms with Crippen molar-refractivity contribution in [2.45, 2.75) is 6.92 Å². The number of hydrogen-bond donors (Lipinski definition) is 0. The molecule has 0 saturated heterocycles. The zero-order valence-corrected chi connectivity index (χ0v) is 13.7. The molecule has 0 spiro atoms. The van der Waals surface area contributed by atoms with E-state index in [4.69, 9.17) is 4.84 Å². The number of nitrogens with zero attached hydrogens (tertiary/aromatic N) is 1. The minimum atomic E-state index is -0.825. The van der Waals surface area contributed by atoms with Crippen LogP contribution in [0, 0.1) is 12.7 Å². The van der Waals surface area contributed by atoms with Crippen molar-refractivity contribution in [3.8, 4) is 0 Å². The van der Waals surface area contributed by atoms with Crippen LogP contribution < -0.4 is 0 Å². The van der Waals surface area contributed by atoms with Gasteiger partial charge in [0.05, 0.1) is 11.1 Å². The topological polar surface area (TPSA) is 63.7 Å². The Kier molecular flexibility index (Phi) is 3.40. The molecule has 2 heterocycles. The monoisotopic (exact) mass is 355 g/mol. The van der Waals surface area contributed by atoms with Gasteiger partial charge in [-0.3, -0.25) is 9.59 Å². The molecular formula is C18H10FNO4S. The van der Waals surface area contributed by atoms with Crippen LogP contribution in [0.5, 0.6) is 0 Å². The van der Waals surface area contributed by atoms with Crippen LogP contribution in [-0.2, 0) is 4.84 Å². The molecule has 0 N–H and O–H groups in total. The molecule has 0 radical (unpaired) electrons. The van der Waals surface area contributed by atoms with Crippen LogP contribution in [0.15, 0.2) is 42.5 Å². The molecular weight excluding hydrogens is 345 g/mol.